The van der Waals surface area contributed by atoms with E-state index < -0.39 is 43.5 Å². The molecule has 4 nitrogen and oxygen atoms in total. The van der Waals surface area contributed by atoms with Crippen molar-refractivity contribution in [1.82, 2.24) is 0 Å². The summed E-state index contributed by atoms with van der Waals surface area (Å²) in [4.78, 5) is 0. The van der Waals surface area contributed by atoms with Gasteiger partial charge in [0.05, 0.1) is 0 Å². The molecule has 2 atom stereocenters. The summed E-state index contributed by atoms with van der Waals surface area (Å²) in [5.74, 6) is -2.65. The van der Waals surface area contributed by atoms with Crippen LogP contribution in [0.15, 0.2) is 106 Å². The van der Waals surface area contributed by atoms with E-state index >= 15 is 0 Å². The molecule has 0 radical (unpaired) electrons. The van der Waals surface area contributed by atoms with Crippen molar-refractivity contribution in [1.29, 1.82) is 0 Å². The highest BCUT2D eigenvalue weighted by Gasteiger charge is 2.33. The van der Waals surface area contributed by atoms with E-state index in [0.717, 1.165) is 21.1 Å². The topological polar surface area (TPSA) is 74.6 Å². The molecule has 0 aliphatic heterocycles. The average molecular weight is 676 g/mol. The molecule has 0 saturated heterocycles. The fraction of sp³-hybridized carbons (Fsp3) is 0.0667. The highest BCUT2D eigenvalue weighted by molar-refractivity contribution is 9.10. The first-order chi connectivity index (χ1) is 18.5. The molecule has 0 aromatic heterocycles. The number of halogens is 4. The van der Waals surface area contributed by atoms with Gasteiger partial charge in [-0.2, -0.15) is 0 Å². The van der Waals surface area contributed by atoms with Gasteiger partial charge in [-0.1, -0.05) is 92.6 Å². The minimum absolute atomic E-state index is 0.420. The predicted molar refractivity (Wildman–Crippen MR) is 157 cm³/mol. The normalized spacial score (nSPS) is 13.6. The molecule has 0 heterocycles. The van der Waals surface area contributed by atoms with Gasteiger partial charge in [-0.25, -0.2) is 17.2 Å². The third-order valence-corrected chi connectivity index (χ3v) is 9.30. The standard InChI is InChI=1S/C30H22Br2F2O4S/c31-23-9-5-21(6-10-23)29(15-3-19-1-13-25(33)27(35)17-19)39(37,38)30(22-7-11-24(32)12-8-22)16-4-20-2-14-26(34)28(36)18-20/h1-18,29-30,35-36H/b15-3+,16-4+. The van der Waals surface area contributed by atoms with Crippen LogP contribution in [0.1, 0.15) is 32.8 Å². The maximum absolute atomic E-state index is 14.3. The summed E-state index contributed by atoms with van der Waals surface area (Å²) in [6, 6.07) is 21.2. The fourth-order valence-corrected chi connectivity index (χ4v) is 6.46. The van der Waals surface area contributed by atoms with Crippen molar-refractivity contribution in [2.45, 2.75) is 10.5 Å². The molecule has 0 saturated carbocycles. The van der Waals surface area contributed by atoms with E-state index in [4.69, 9.17) is 0 Å². The Morgan fingerprint density at radius 3 is 1.31 bits per heavy atom. The minimum atomic E-state index is -4.05. The van der Waals surface area contributed by atoms with Crippen LogP contribution >= 0.6 is 31.9 Å². The second kappa shape index (κ2) is 12.3. The molecule has 2 unspecified atom stereocenters. The lowest BCUT2D eigenvalue weighted by Crippen LogP contribution is -2.19. The van der Waals surface area contributed by atoms with E-state index in [1.54, 1.807) is 48.5 Å². The monoisotopic (exact) mass is 674 g/mol. The Hall–Kier alpha value is -3.27. The molecule has 0 amide bonds. The highest BCUT2D eigenvalue weighted by atomic mass is 79.9. The van der Waals surface area contributed by atoms with E-state index in [-0.39, 0.29) is 0 Å². The van der Waals surface area contributed by atoms with Gasteiger partial charge in [0.15, 0.2) is 33.0 Å². The van der Waals surface area contributed by atoms with Crippen LogP contribution in [0.2, 0.25) is 0 Å². The number of rotatable bonds is 8. The summed E-state index contributed by atoms with van der Waals surface area (Å²) >= 11 is 6.75. The third kappa shape index (κ3) is 7.03. The molecule has 200 valence electrons. The van der Waals surface area contributed by atoms with Crippen LogP contribution in [-0.4, -0.2) is 18.6 Å². The van der Waals surface area contributed by atoms with Crippen LogP contribution < -0.4 is 0 Å². The van der Waals surface area contributed by atoms with Gasteiger partial charge < -0.3 is 10.2 Å². The number of benzene rings is 4. The summed E-state index contributed by atoms with van der Waals surface area (Å²) in [7, 11) is -4.05. The Morgan fingerprint density at radius 1 is 0.615 bits per heavy atom. The number of phenolic OH excluding ortho intramolecular Hbond substituents is 2. The number of aromatic hydroxyl groups is 2. The first-order valence-corrected chi connectivity index (χ1v) is 14.8. The minimum Gasteiger partial charge on any atom is -0.505 e. The predicted octanol–water partition coefficient (Wildman–Crippen LogP) is 8.53. The number of sulfone groups is 1. The molecule has 0 fully saturated rings. The Balaban J connectivity index is 1.83. The SMILES string of the molecule is O=S(=O)(C(/C=C/c1ccc(F)c(O)c1)c1ccc(Br)cc1)C(/C=C/c1ccc(F)c(O)c1)c1ccc(Br)cc1. The smallest absolute Gasteiger partial charge is 0.171 e. The lowest BCUT2D eigenvalue weighted by molar-refractivity contribution is 0.432. The molecule has 0 spiro atoms. The van der Waals surface area contributed by atoms with Gasteiger partial charge in [0.1, 0.15) is 10.5 Å². The zero-order valence-electron chi connectivity index (χ0n) is 20.2. The van der Waals surface area contributed by atoms with Crippen molar-refractivity contribution in [2.75, 3.05) is 0 Å². The van der Waals surface area contributed by atoms with Gasteiger partial charge >= 0.3 is 0 Å². The molecule has 4 aromatic rings. The van der Waals surface area contributed by atoms with Crippen molar-refractivity contribution in [2.24, 2.45) is 0 Å². The summed E-state index contributed by atoms with van der Waals surface area (Å²) in [6.07, 6.45) is 6.02. The van der Waals surface area contributed by atoms with E-state index in [0.29, 0.717) is 22.3 Å². The zero-order chi connectivity index (χ0) is 28.2. The molecule has 39 heavy (non-hydrogen) atoms. The molecule has 4 rings (SSSR count). The Morgan fingerprint density at radius 2 is 0.974 bits per heavy atom. The van der Waals surface area contributed by atoms with Gasteiger partial charge in [-0.15, -0.1) is 0 Å². The van der Waals surface area contributed by atoms with Crippen LogP contribution in [0.3, 0.4) is 0 Å². The second-order valence-electron chi connectivity index (χ2n) is 8.67. The second-order valence-corrected chi connectivity index (χ2v) is 12.7. The van der Waals surface area contributed by atoms with E-state index in [2.05, 4.69) is 31.9 Å². The van der Waals surface area contributed by atoms with Gasteiger partial charge in [0.25, 0.3) is 0 Å². The number of phenols is 2. The quantitative estimate of drug-likeness (QED) is 0.196. The number of hydrogen-bond donors (Lipinski definition) is 2. The van der Waals surface area contributed by atoms with E-state index in [1.807, 2.05) is 0 Å². The maximum Gasteiger partial charge on any atom is 0.171 e. The molecule has 9 heteroatoms. The summed E-state index contributed by atoms with van der Waals surface area (Å²) in [5, 5.41) is 17.3. The molecule has 0 aliphatic rings. The third-order valence-electron chi connectivity index (χ3n) is 5.97. The Bertz CT molecular complexity index is 1520. The summed E-state index contributed by atoms with van der Waals surface area (Å²) < 4.78 is 57.4. The van der Waals surface area contributed by atoms with Crippen LogP contribution in [0.4, 0.5) is 8.78 Å². The van der Waals surface area contributed by atoms with Gasteiger partial charge in [0.2, 0.25) is 0 Å². The zero-order valence-corrected chi connectivity index (χ0v) is 24.2. The molecular weight excluding hydrogens is 654 g/mol. The van der Waals surface area contributed by atoms with E-state index in [1.165, 1.54) is 48.6 Å². The average Bonchev–Trinajstić information content (AvgIpc) is 2.90. The van der Waals surface area contributed by atoms with Gasteiger partial charge in [-0.05, 0) is 70.8 Å². The molecule has 0 aliphatic carbocycles. The first kappa shape index (κ1) is 28.7. The molecule has 4 aromatic carbocycles. The van der Waals surface area contributed by atoms with Crippen molar-refractivity contribution >= 4 is 53.8 Å². The Labute approximate surface area is 242 Å². The van der Waals surface area contributed by atoms with Gasteiger partial charge in [-0.3, -0.25) is 0 Å². The van der Waals surface area contributed by atoms with Crippen molar-refractivity contribution in [3.05, 3.63) is 140 Å². The van der Waals surface area contributed by atoms with E-state index in [9.17, 15) is 27.4 Å². The fourth-order valence-electron chi connectivity index (χ4n) is 3.95. The lowest BCUT2D eigenvalue weighted by atomic mass is 10.1. The van der Waals surface area contributed by atoms with Crippen molar-refractivity contribution in [3.8, 4) is 11.5 Å². The summed E-state index contributed by atoms with van der Waals surface area (Å²) in [5.41, 5.74) is 1.83. The largest absolute Gasteiger partial charge is 0.505 e. The van der Waals surface area contributed by atoms with Crippen LogP contribution in [-0.2, 0) is 9.84 Å². The molecule has 0 bridgehead atoms. The molecular formula is C30H22Br2F2O4S. The van der Waals surface area contributed by atoms with Crippen molar-refractivity contribution in [3.63, 3.8) is 0 Å². The Kier molecular flexibility index (Phi) is 9.04. The first-order valence-electron chi connectivity index (χ1n) is 11.6. The highest BCUT2D eigenvalue weighted by Crippen LogP contribution is 2.38. The van der Waals surface area contributed by atoms with Crippen LogP contribution in [0.5, 0.6) is 11.5 Å². The number of hydrogen-bond acceptors (Lipinski definition) is 4. The maximum atomic E-state index is 14.3. The molecule has 2 N–H and O–H groups in total. The van der Waals surface area contributed by atoms with Crippen LogP contribution in [0.25, 0.3) is 12.2 Å². The van der Waals surface area contributed by atoms with Gasteiger partial charge in [0, 0.05) is 8.95 Å². The lowest BCUT2D eigenvalue weighted by Gasteiger charge is -2.22. The summed E-state index contributed by atoms with van der Waals surface area (Å²) in [6.45, 7) is 0. The van der Waals surface area contributed by atoms with Crippen LogP contribution in [0, 0.1) is 11.6 Å². The van der Waals surface area contributed by atoms with Crippen molar-refractivity contribution < 1.29 is 27.4 Å².